The maximum Gasteiger partial charge on any atom is 0.747 e. The van der Waals surface area contributed by atoms with Crippen LogP contribution in [0.5, 0.6) is 5.75 Å². The first kappa shape index (κ1) is 17.3. The Bertz CT molecular complexity index is 949. The quantitative estimate of drug-likeness (QED) is 0.687. The molecule has 0 saturated carbocycles. The molecule has 3 aromatic rings. The third-order valence-corrected chi connectivity index (χ3v) is 3.85. The third kappa shape index (κ3) is 3.60. The van der Waals surface area contributed by atoms with Gasteiger partial charge in [0.1, 0.15) is 12.2 Å². The number of nitrogens with zero attached hydrogens (tertiary/aromatic N) is 4. The van der Waals surface area contributed by atoms with Gasteiger partial charge >= 0.3 is 8.25 Å². The maximum atomic E-state index is 11.1. The van der Waals surface area contributed by atoms with E-state index in [4.69, 9.17) is 15.2 Å². The van der Waals surface area contributed by atoms with E-state index in [1.807, 2.05) is 10.6 Å². The number of hydrogen-bond acceptors (Lipinski definition) is 6. The van der Waals surface area contributed by atoms with E-state index in [0.717, 1.165) is 0 Å². The molecule has 9 heteroatoms. The van der Waals surface area contributed by atoms with Gasteiger partial charge in [-0.1, -0.05) is 32.9 Å². The summed E-state index contributed by atoms with van der Waals surface area (Å²) >= 11 is 0. The fraction of sp³-hybridized carbons (Fsp3) is 0.312. The molecule has 1 aromatic carbocycles. The summed E-state index contributed by atoms with van der Waals surface area (Å²) in [5.41, 5.74) is 7.59. The lowest BCUT2D eigenvalue weighted by molar-refractivity contribution is 0.349. The standard InChI is InChI=1S/C16H18N5O3P/c1-16(2,3)8-21-14(20-12-13(17)18-9-19-15(12)21)10-6-4-5-7-11(10)24-25(22)23/h4-7,9H,8H2,1-3H3,(H2-,17,18,19,22,23)/p+1. The molecular formula is C16H19N5O3P+. The van der Waals surface area contributed by atoms with Crippen LogP contribution in [0.25, 0.3) is 22.6 Å². The number of rotatable bonds is 4. The van der Waals surface area contributed by atoms with E-state index in [-0.39, 0.29) is 17.0 Å². The largest absolute Gasteiger partial charge is 0.747 e. The molecule has 25 heavy (non-hydrogen) atoms. The van der Waals surface area contributed by atoms with Gasteiger partial charge in [-0.2, -0.15) is 0 Å². The zero-order valence-corrected chi connectivity index (χ0v) is 15.1. The summed E-state index contributed by atoms with van der Waals surface area (Å²) in [6, 6.07) is 6.93. The van der Waals surface area contributed by atoms with Gasteiger partial charge in [-0.3, -0.25) is 0 Å². The first-order chi connectivity index (χ1) is 11.8. The van der Waals surface area contributed by atoms with E-state index in [0.29, 0.717) is 29.1 Å². The number of benzene rings is 1. The van der Waals surface area contributed by atoms with Crippen molar-refractivity contribution in [2.24, 2.45) is 5.41 Å². The molecule has 130 valence electrons. The van der Waals surface area contributed by atoms with Crippen LogP contribution in [0.15, 0.2) is 30.6 Å². The molecule has 2 aromatic heterocycles. The summed E-state index contributed by atoms with van der Waals surface area (Å²) in [4.78, 5) is 22.0. The predicted molar refractivity (Wildman–Crippen MR) is 95.1 cm³/mol. The van der Waals surface area contributed by atoms with Crippen molar-refractivity contribution < 1.29 is 14.0 Å². The minimum absolute atomic E-state index is 0.0555. The average Bonchev–Trinajstić information content (AvgIpc) is 2.86. The van der Waals surface area contributed by atoms with Gasteiger partial charge in [0.25, 0.3) is 0 Å². The highest BCUT2D eigenvalue weighted by Gasteiger charge is 2.25. The number of nitrogen functional groups attached to an aromatic ring is 1. The van der Waals surface area contributed by atoms with Gasteiger partial charge < -0.3 is 10.3 Å². The molecule has 3 rings (SSSR count). The molecule has 2 heterocycles. The average molecular weight is 360 g/mol. The number of aromatic nitrogens is 4. The second kappa shape index (κ2) is 6.38. The lowest BCUT2D eigenvalue weighted by atomic mass is 9.96. The third-order valence-electron chi connectivity index (χ3n) is 3.50. The second-order valence-corrected chi connectivity index (χ2v) is 7.50. The topological polar surface area (TPSA) is 116 Å². The van der Waals surface area contributed by atoms with Gasteiger partial charge in [0.05, 0.1) is 5.56 Å². The van der Waals surface area contributed by atoms with Crippen LogP contribution in [0, 0.1) is 5.41 Å². The first-order valence-electron chi connectivity index (χ1n) is 7.66. The summed E-state index contributed by atoms with van der Waals surface area (Å²) in [5, 5.41) is 0. The summed E-state index contributed by atoms with van der Waals surface area (Å²) in [6.07, 6.45) is 1.40. The highest BCUT2D eigenvalue weighted by atomic mass is 31.1. The molecule has 1 unspecified atom stereocenters. The maximum absolute atomic E-state index is 11.1. The number of para-hydroxylation sites is 1. The zero-order chi connectivity index (χ0) is 18.2. The lowest BCUT2D eigenvalue weighted by Gasteiger charge is -2.21. The van der Waals surface area contributed by atoms with Crippen LogP contribution in [0.4, 0.5) is 5.82 Å². The number of hydrogen-bond donors (Lipinski definition) is 2. The lowest BCUT2D eigenvalue weighted by Crippen LogP contribution is -2.16. The molecule has 3 N–H and O–H groups in total. The fourth-order valence-electron chi connectivity index (χ4n) is 2.60. The molecule has 0 aliphatic rings. The first-order valence-corrected chi connectivity index (χ1v) is 8.79. The van der Waals surface area contributed by atoms with Crippen LogP contribution in [0.2, 0.25) is 0 Å². The van der Waals surface area contributed by atoms with Crippen LogP contribution < -0.4 is 10.3 Å². The van der Waals surface area contributed by atoms with Crippen molar-refractivity contribution in [1.29, 1.82) is 0 Å². The Hall–Kier alpha value is -2.57. The van der Waals surface area contributed by atoms with E-state index in [1.165, 1.54) is 6.33 Å². The number of fused-ring (bicyclic) bond motifs is 1. The van der Waals surface area contributed by atoms with Gasteiger partial charge in [0.15, 0.2) is 17.0 Å². The van der Waals surface area contributed by atoms with Gasteiger partial charge in [0.2, 0.25) is 5.75 Å². The normalized spacial score (nSPS) is 12.4. The summed E-state index contributed by atoms with van der Waals surface area (Å²) in [5.74, 6) is 1.11. The minimum Gasteiger partial charge on any atom is -0.382 e. The van der Waals surface area contributed by atoms with E-state index in [9.17, 15) is 4.57 Å². The Morgan fingerprint density at radius 3 is 2.68 bits per heavy atom. The Morgan fingerprint density at radius 1 is 1.28 bits per heavy atom. The molecule has 0 saturated heterocycles. The van der Waals surface area contributed by atoms with Crippen LogP contribution in [0.3, 0.4) is 0 Å². The number of anilines is 1. The van der Waals surface area contributed by atoms with Crippen LogP contribution in [-0.2, 0) is 11.1 Å². The highest BCUT2D eigenvalue weighted by molar-refractivity contribution is 7.32. The van der Waals surface area contributed by atoms with Gasteiger partial charge in [-0.05, 0) is 17.5 Å². The van der Waals surface area contributed by atoms with Crippen LogP contribution in [0.1, 0.15) is 20.8 Å². The minimum atomic E-state index is -2.79. The van der Waals surface area contributed by atoms with E-state index in [2.05, 4.69) is 35.7 Å². The Balaban J connectivity index is 2.28. The van der Waals surface area contributed by atoms with Gasteiger partial charge in [-0.25, -0.2) is 19.5 Å². The molecule has 0 aliphatic carbocycles. The molecule has 0 aliphatic heterocycles. The number of imidazole rings is 1. The van der Waals surface area contributed by atoms with Crippen molar-refractivity contribution >= 4 is 25.2 Å². The molecule has 8 nitrogen and oxygen atoms in total. The SMILES string of the molecule is CC(C)(C)Cn1c(-c2ccccc2O[P+](=O)O)nc2c(N)ncnc21. The number of nitrogens with two attached hydrogens (primary N) is 1. The van der Waals surface area contributed by atoms with E-state index >= 15 is 0 Å². The monoisotopic (exact) mass is 360 g/mol. The van der Waals surface area contributed by atoms with E-state index < -0.39 is 8.25 Å². The molecule has 0 fully saturated rings. The summed E-state index contributed by atoms with van der Waals surface area (Å²) in [6.45, 7) is 6.91. The van der Waals surface area contributed by atoms with Crippen molar-refractivity contribution in [1.82, 2.24) is 19.5 Å². The van der Waals surface area contributed by atoms with Crippen molar-refractivity contribution in [2.45, 2.75) is 27.3 Å². The molecule has 0 radical (unpaired) electrons. The Morgan fingerprint density at radius 2 is 2.00 bits per heavy atom. The highest BCUT2D eigenvalue weighted by Crippen LogP contribution is 2.36. The Kier molecular flexibility index (Phi) is 4.41. The van der Waals surface area contributed by atoms with Crippen molar-refractivity contribution in [3.8, 4) is 17.1 Å². The molecule has 1 atom stereocenters. The molecule has 0 bridgehead atoms. The van der Waals surface area contributed by atoms with E-state index in [1.54, 1.807) is 18.2 Å². The van der Waals surface area contributed by atoms with Crippen LogP contribution in [-0.4, -0.2) is 24.4 Å². The van der Waals surface area contributed by atoms with Crippen molar-refractivity contribution in [3.63, 3.8) is 0 Å². The summed E-state index contributed by atoms with van der Waals surface area (Å²) < 4.78 is 18.1. The second-order valence-electron chi connectivity index (χ2n) is 6.84. The molecule has 0 spiro atoms. The van der Waals surface area contributed by atoms with Gasteiger partial charge in [0, 0.05) is 11.1 Å². The predicted octanol–water partition coefficient (Wildman–Crippen LogP) is 3.15. The van der Waals surface area contributed by atoms with Crippen molar-refractivity contribution in [3.05, 3.63) is 30.6 Å². The molecule has 0 amide bonds. The molecular weight excluding hydrogens is 341 g/mol. The van der Waals surface area contributed by atoms with Gasteiger partial charge in [-0.15, -0.1) is 4.89 Å². The smallest absolute Gasteiger partial charge is 0.382 e. The van der Waals surface area contributed by atoms with Crippen molar-refractivity contribution in [2.75, 3.05) is 5.73 Å². The zero-order valence-electron chi connectivity index (χ0n) is 14.2. The fourth-order valence-corrected chi connectivity index (χ4v) is 2.93. The Labute approximate surface area is 145 Å². The summed E-state index contributed by atoms with van der Waals surface area (Å²) in [7, 11) is -2.79. The van der Waals surface area contributed by atoms with Crippen LogP contribution >= 0.6 is 8.25 Å².